The number of hydrogen-bond acceptors (Lipinski definition) is 3. The predicted molar refractivity (Wildman–Crippen MR) is 103 cm³/mol. The zero-order valence-corrected chi connectivity index (χ0v) is 15.7. The molecule has 2 aromatic rings. The van der Waals surface area contributed by atoms with Gasteiger partial charge in [0.1, 0.15) is 17.3 Å². The number of rotatable bonds is 6. The second kappa shape index (κ2) is 7.81. The van der Waals surface area contributed by atoms with Gasteiger partial charge >= 0.3 is 0 Å². The molecule has 27 heavy (non-hydrogen) atoms. The van der Waals surface area contributed by atoms with Crippen molar-refractivity contribution in [1.82, 2.24) is 4.90 Å². The van der Waals surface area contributed by atoms with E-state index in [2.05, 4.69) is 29.2 Å². The molecule has 0 saturated carbocycles. The van der Waals surface area contributed by atoms with Gasteiger partial charge in [-0.15, -0.1) is 0 Å². The summed E-state index contributed by atoms with van der Waals surface area (Å²) in [6, 6.07) is 15.9. The van der Waals surface area contributed by atoms with E-state index in [1.54, 1.807) is 13.2 Å². The number of halogens is 1. The zero-order chi connectivity index (χ0) is 18.8. The van der Waals surface area contributed by atoms with E-state index in [1.807, 2.05) is 6.07 Å². The summed E-state index contributed by atoms with van der Waals surface area (Å²) in [5, 5.41) is 0. The number of methoxy groups -OCH3 is 1. The Kier molecular flexibility index (Phi) is 5.26. The molecule has 4 heteroatoms. The normalized spacial score (nSPS) is 24.7. The molecule has 2 aliphatic rings. The van der Waals surface area contributed by atoms with E-state index in [0.29, 0.717) is 23.4 Å². The maximum atomic E-state index is 13.6. The number of ether oxygens (including phenoxy) is 1. The summed E-state index contributed by atoms with van der Waals surface area (Å²) >= 11 is 0. The lowest BCUT2D eigenvalue weighted by Gasteiger charge is -2.38. The molecule has 2 aromatic carbocycles. The number of carbonyl (C=O) groups is 1. The van der Waals surface area contributed by atoms with E-state index in [4.69, 9.17) is 4.74 Å². The molecule has 4 rings (SSSR count). The minimum absolute atomic E-state index is 0.0718. The molecule has 142 valence electrons. The van der Waals surface area contributed by atoms with Crippen molar-refractivity contribution in [2.24, 2.45) is 5.92 Å². The third-order valence-electron chi connectivity index (χ3n) is 6.15. The van der Waals surface area contributed by atoms with Gasteiger partial charge in [-0.25, -0.2) is 4.39 Å². The highest BCUT2D eigenvalue weighted by Gasteiger charge is 2.42. The molecule has 0 aromatic heterocycles. The van der Waals surface area contributed by atoms with Gasteiger partial charge in [0.25, 0.3) is 0 Å². The minimum Gasteiger partial charge on any atom is -0.496 e. The van der Waals surface area contributed by atoms with Crippen LogP contribution in [0.3, 0.4) is 0 Å². The van der Waals surface area contributed by atoms with Crippen LogP contribution in [-0.4, -0.2) is 29.9 Å². The molecule has 2 heterocycles. The fourth-order valence-electron chi connectivity index (χ4n) is 4.81. The third-order valence-corrected chi connectivity index (χ3v) is 6.15. The van der Waals surface area contributed by atoms with Crippen LogP contribution in [0, 0.1) is 11.7 Å². The molecule has 0 amide bonds. The number of ketones is 1. The van der Waals surface area contributed by atoms with Crippen LogP contribution in [-0.2, 0) is 17.8 Å². The van der Waals surface area contributed by atoms with Crippen LogP contribution in [0.2, 0.25) is 0 Å². The van der Waals surface area contributed by atoms with Crippen LogP contribution >= 0.6 is 0 Å². The van der Waals surface area contributed by atoms with E-state index < -0.39 is 0 Å². The Bertz CT molecular complexity index is 793. The van der Waals surface area contributed by atoms with Crippen LogP contribution in [0.4, 0.5) is 4.39 Å². The number of carbonyl (C=O) groups excluding carboxylic acids is 1. The van der Waals surface area contributed by atoms with Gasteiger partial charge < -0.3 is 4.74 Å². The van der Waals surface area contributed by atoms with Crippen molar-refractivity contribution < 1.29 is 13.9 Å². The number of Topliss-reactive ketones (excluding diaryl/α,β-unsaturated/α-hetero) is 1. The van der Waals surface area contributed by atoms with Crippen molar-refractivity contribution >= 4 is 5.78 Å². The summed E-state index contributed by atoms with van der Waals surface area (Å²) in [4.78, 5) is 15.5. The Hall–Kier alpha value is -2.20. The van der Waals surface area contributed by atoms with Gasteiger partial charge in [0.2, 0.25) is 0 Å². The van der Waals surface area contributed by atoms with E-state index >= 15 is 0 Å². The SMILES string of the molecule is COc1ccc(F)cc1CC(=O)C1CC2CCC(C1)N2Cc1ccccc1. The largest absolute Gasteiger partial charge is 0.496 e. The first-order valence-corrected chi connectivity index (χ1v) is 9.79. The van der Waals surface area contributed by atoms with Crippen LogP contribution in [0.5, 0.6) is 5.75 Å². The molecule has 2 unspecified atom stereocenters. The van der Waals surface area contributed by atoms with Crippen molar-refractivity contribution in [3.05, 3.63) is 65.5 Å². The van der Waals surface area contributed by atoms with Crippen LogP contribution in [0.25, 0.3) is 0 Å². The van der Waals surface area contributed by atoms with Gasteiger partial charge in [0.15, 0.2) is 0 Å². The summed E-state index contributed by atoms with van der Waals surface area (Å²) in [5.74, 6) is 0.559. The van der Waals surface area contributed by atoms with Crippen LogP contribution in [0.15, 0.2) is 48.5 Å². The molecular formula is C23H26FNO2. The molecule has 0 N–H and O–H groups in total. The van der Waals surface area contributed by atoms with Gasteiger partial charge in [-0.2, -0.15) is 0 Å². The summed E-state index contributed by atoms with van der Waals surface area (Å²) in [5.41, 5.74) is 1.99. The standard InChI is InChI=1S/C23H26FNO2/c1-27-23-10-7-19(24)11-18(23)14-22(26)17-12-20-8-9-21(13-17)25(20)15-16-5-3-2-4-6-16/h2-7,10-11,17,20-21H,8-9,12-15H2,1H3. The molecule has 0 aliphatic carbocycles. The van der Waals surface area contributed by atoms with Crippen molar-refractivity contribution in [2.45, 2.75) is 50.7 Å². The van der Waals surface area contributed by atoms with Gasteiger partial charge in [0.05, 0.1) is 7.11 Å². The van der Waals surface area contributed by atoms with Crippen molar-refractivity contribution in [1.29, 1.82) is 0 Å². The lowest BCUT2D eigenvalue weighted by atomic mass is 9.84. The summed E-state index contributed by atoms with van der Waals surface area (Å²) < 4.78 is 18.9. The number of piperidine rings is 1. The van der Waals surface area contributed by atoms with Gasteiger partial charge in [-0.05, 0) is 49.4 Å². The molecule has 2 bridgehead atoms. The van der Waals surface area contributed by atoms with E-state index in [0.717, 1.165) is 19.4 Å². The van der Waals surface area contributed by atoms with Crippen LogP contribution in [0.1, 0.15) is 36.8 Å². The molecule has 0 radical (unpaired) electrons. The van der Waals surface area contributed by atoms with Crippen molar-refractivity contribution in [2.75, 3.05) is 7.11 Å². The van der Waals surface area contributed by atoms with E-state index in [9.17, 15) is 9.18 Å². The highest BCUT2D eigenvalue weighted by Crippen LogP contribution is 2.40. The topological polar surface area (TPSA) is 29.5 Å². The molecule has 2 aliphatic heterocycles. The fraction of sp³-hybridized carbons (Fsp3) is 0.435. The fourth-order valence-corrected chi connectivity index (χ4v) is 4.81. The van der Waals surface area contributed by atoms with E-state index in [-0.39, 0.29) is 23.9 Å². The second-order valence-corrected chi connectivity index (χ2v) is 7.81. The maximum absolute atomic E-state index is 13.6. The average molecular weight is 367 g/mol. The predicted octanol–water partition coefficient (Wildman–Crippen LogP) is 4.39. The number of fused-ring (bicyclic) bond motifs is 2. The lowest BCUT2D eigenvalue weighted by Crippen LogP contribution is -2.44. The minimum atomic E-state index is -0.323. The Balaban J connectivity index is 1.42. The van der Waals surface area contributed by atoms with Gasteiger partial charge in [-0.3, -0.25) is 9.69 Å². The van der Waals surface area contributed by atoms with E-state index in [1.165, 1.54) is 30.5 Å². The van der Waals surface area contributed by atoms with Crippen molar-refractivity contribution in [3.63, 3.8) is 0 Å². The second-order valence-electron chi connectivity index (χ2n) is 7.81. The molecule has 2 fully saturated rings. The Labute approximate surface area is 160 Å². The third kappa shape index (κ3) is 3.91. The lowest BCUT2D eigenvalue weighted by molar-refractivity contribution is -0.124. The first kappa shape index (κ1) is 18.2. The molecule has 2 atom stereocenters. The quantitative estimate of drug-likeness (QED) is 0.758. The summed E-state index contributed by atoms with van der Waals surface area (Å²) in [6.07, 6.45) is 4.43. The molecule has 2 saturated heterocycles. The average Bonchev–Trinajstić information content (AvgIpc) is 2.90. The first-order chi connectivity index (χ1) is 13.1. The van der Waals surface area contributed by atoms with Gasteiger partial charge in [0, 0.05) is 36.5 Å². The first-order valence-electron chi connectivity index (χ1n) is 9.79. The Morgan fingerprint density at radius 1 is 1.11 bits per heavy atom. The van der Waals surface area contributed by atoms with Gasteiger partial charge in [-0.1, -0.05) is 30.3 Å². The maximum Gasteiger partial charge on any atom is 0.140 e. The highest BCUT2D eigenvalue weighted by molar-refractivity contribution is 5.84. The number of nitrogens with zero attached hydrogens (tertiary/aromatic N) is 1. The molecular weight excluding hydrogens is 341 g/mol. The van der Waals surface area contributed by atoms with Crippen LogP contribution < -0.4 is 4.74 Å². The summed E-state index contributed by atoms with van der Waals surface area (Å²) in [7, 11) is 1.56. The Morgan fingerprint density at radius 2 is 1.81 bits per heavy atom. The highest BCUT2D eigenvalue weighted by atomic mass is 19.1. The zero-order valence-electron chi connectivity index (χ0n) is 15.7. The monoisotopic (exact) mass is 367 g/mol. The summed E-state index contributed by atoms with van der Waals surface area (Å²) in [6.45, 7) is 0.967. The number of hydrogen-bond donors (Lipinski definition) is 0. The number of benzene rings is 2. The molecule has 0 spiro atoms. The molecule has 3 nitrogen and oxygen atoms in total. The smallest absolute Gasteiger partial charge is 0.140 e. The Morgan fingerprint density at radius 3 is 2.48 bits per heavy atom. The van der Waals surface area contributed by atoms with Crippen molar-refractivity contribution in [3.8, 4) is 5.75 Å².